The van der Waals surface area contributed by atoms with Gasteiger partial charge in [-0.15, -0.1) is 0 Å². The van der Waals surface area contributed by atoms with Gasteiger partial charge in [-0.1, -0.05) is 6.92 Å². The second kappa shape index (κ2) is 6.35. The fourth-order valence-corrected chi connectivity index (χ4v) is 2.07. The van der Waals surface area contributed by atoms with Gasteiger partial charge in [0.25, 0.3) is 0 Å². The summed E-state index contributed by atoms with van der Waals surface area (Å²) in [5.74, 6) is 0.189. The second-order valence-corrected chi connectivity index (χ2v) is 4.29. The van der Waals surface area contributed by atoms with Gasteiger partial charge in [0, 0.05) is 18.5 Å². The Bertz CT molecular complexity index is 248. The fraction of sp³-hybridized carbons (Fsp3) is 0.818. The van der Waals surface area contributed by atoms with Crippen molar-refractivity contribution < 1.29 is 14.7 Å². The maximum atomic E-state index is 11.6. The molecule has 0 aliphatic heterocycles. The number of carbonyl (C=O) groups is 2. The molecule has 0 unspecified atom stereocenters. The first kappa shape index (κ1) is 12.8. The highest BCUT2D eigenvalue weighted by atomic mass is 16.4. The zero-order valence-electron chi connectivity index (χ0n) is 9.66. The molecule has 2 amide bonds. The first-order valence-electron chi connectivity index (χ1n) is 5.90. The van der Waals surface area contributed by atoms with Gasteiger partial charge in [0.15, 0.2) is 0 Å². The van der Waals surface area contributed by atoms with E-state index in [0.29, 0.717) is 0 Å². The van der Waals surface area contributed by atoms with Crippen LogP contribution in [0, 0.1) is 5.92 Å². The van der Waals surface area contributed by atoms with Crippen LogP contribution in [0.1, 0.15) is 39.0 Å². The molecule has 16 heavy (non-hydrogen) atoms. The van der Waals surface area contributed by atoms with Crippen molar-refractivity contribution in [3.8, 4) is 0 Å². The molecule has 5 heteroatoms. The zero-order valence-corrected chi connectivity index (χ0v) is 9.66. The van der Waals surface area contributed by atoms with Crippen LogP contribution in [-0.2, 0) is 4.79 Å². The van der Waals surface area contributed by atoms with Crippen LogP contribution in [0.15, 0.2) is 0 Å². The van der Waals surface area contributed by atoms with Crippen molar-refractivity contribution in [1.82, 2.24) is 10.6 Å². The Morgan fingerprint density at radius 2 is 1.88 bits per heavy atom. The molecule has 0 aromatic rings. The van der Waals surface area contributed by atoms with Crippen molar-refractivity contribution in [3.05, 3.63) is 0 Å². The quantitative estimate of drug-likeness (QED) is 0.679. The van der Waals surface area contributed by atoms with Gasteiger partial charge in [-0.3, -0.25) is 4.79 Å². The lowest BCUT2D eigenvalue weighted by molar-refractivity contribution is -0.126. The summed E-state index contributed by atoms with van der Waals surface area (Å²) in [6.45, 7) is 2.75. The highest BCUT2D eigenvalue weighted by Crippen LogP contribution is 2.24. The van der Waals surface area contributed by atoms with Crippen LogP contribution in [0.4, 0.5) is 4.79 Å². The maximum absolute atomic E-state index is 11.6. The SMILES string of the molecule is CCCNC(=O)[C@H]1CC[C@H](NC(=O)O)CC1. The highest BCUT2D eigenvalue weighted by molar-refractivity contribution is 5.78. The number of hydrogen-bond acceptors (Lipinski definition) is 2. The third-order valence-corrected chi connectivity index (χ3v) is 2.97. The lowest BCUT2D eigenvalue weighted by atomic mass is 9.85. The van der Waals surface area contributed by atoms with E-state index < -0.39 is 6.09 Å². The van der Waals surface area contributed by atoms with Crippen LogP contribution in [0.25, 0.3) is 0 Å². The van der Waals surface area contributed by atoms with E-state index in [1.807, 2.05) is 6.92 Å². The minimum atomic E-state index is -0.973. The molecule has 3 N–H and O–H groups in total. The molecular weight excluding hydrogens is 208 g/mol. The van der Waals surface area contributed by atoms with E-state index in [1.165, 1.54) is 0 Å². The van der Waals surface area contributed by atoms with E-state index in [2.05, 4.69) is 10.6 Å². The van der Waals surface area contributed by atoms with Gasteiger partial charge in [0.1, 0.15) is 0 Å². The highest BCUT2D eigenvalue weighted by Gasteiger charge is 2.26. The second-order valence-electron chi connectivity index (χ2n) is 4.29. The molecule has 1 aliphatic carbocycles. The molecule has 0 heterocycles. The monoisotopic (exact) mass is 228 g/mol. The summed E-state index contributed by atoms with van der Waals surface area (Å²) in [5.41, 5.74) is 0. The Labute approximate surface area is 95.6 Å². The summed E-state index contributed by atoms with van der Waals surface area (Å²) >= 11 is 0. The lowest BCUT2D eigenvalue weighted by Gasteiger charge is -2.27. The van der Waals surface area contributed by atoms with Crippen LogP contribution in [0.3, 0.4) is 0 Å². The molecular formula is C11H20N2O3. The molecule has 0 saturated heterocycles. The Morgan fingerprint density at radius 1 is 1.25 bits per heavy atom. The van der Waals surface area contributed by atoms with E-state index in [1.54, 1.807) is 0 Å². The minimum absolute atomic E-state index is 0.0210. The predicted octanol–water partition coefficient (Wildman–Crippen LogP) is 1.34. The molecule has 0 atom stereocenters. The van der Waals surface area contributed by atoms with Gasteiger partial charge < -0.3 is 15.7 Å². The van der Waals surface area contributed by atoms with E-state index in [9.17, 15) is 9.59 Å². The third kappa shape index (κ3) is 4.08. The van der Waals surface area contributed by atoms with Gasteiger partial charge in [-0.2, -0.15) is 0 Å². The Morgan fingerprint density at radius 3 is 2.38 bits per heavy atom. The maximum Gasteiger partial charge on any atom is 0.404 e. The lowest BCUT2D eigenvalue weighted by Crippen LogP contribution is -2.40. The summed E-state index contributed by atoms with van der Waals surface area (Å²) in [6.07, 6.45) is 3.05. The summed E-state index contributed by atoms with van der Waals surface area (Å²) < 4.78 is 0. The normalized spacial score (nSPS) is 24.8. The van der Waals surface area contributed by atoms with Crippen LogP contribution in [0.5, 0.6) is 0 Å². The molecule has 0 aromatic carbocycles. The zero-order chi connectivity index (χ0) is 12.0. The van der Waals surface area contributed by atoms with Crippen LogP contribution >= 0.6 is 0 Å². The fourth-order valence-electron chi connectivity index (χ4n) is 2.07. The molecule has 0 radical (unpaired) electrons. The van der Waals surface area contributed by atoms with E-state index >= 15 is 0 Å². The number of nitrogens with one attached hydrogen (secondary N) is 2. The Hall–Kier alpha value is -1.26. The van der Waals surface area contributed by atoms with Gasteiger partial charge in [0.2, 0.25) is 5.91 Å². The molecule has 0 bridgehead atoms. The average Bonchev–Trinajstić information content (AvgIpc) is 2.26. The third-order valence-electron chi connectivity index (χ3n) is 2.97. The molecule has 1 saturated carbocycles. The summed E-state index contributed by atoms with van der Waals surface area (Å²) in [6, 6.07) is 0.0210. The standard InChI is InChI=1S/C11H20N2O3/c1-2-7-12-10(14)8-3-5-9(6-4-8)13-11(15)16/h8-9,13H,2-7H2,1H3,(H,12,14)(H,15,16)/t8-,9-. The Kier molecular flexibility index (Phi) is 5.08. The van der Waals surface area contributed by atoms with Crippen molar-refractivity contribution in [2.45, 2.75) is 45.1 Å². The van der Waals surface area contributed by atoms with Crippen molar-refractivity contribution in [2.75, 3.05) is 6.54 Å². The Balaban J connectivity index is 2.25. The predicted molar refractivity (Wildman–Crippen MR) is 60.2 cm³/mol. The van der Waals surface area contributed by atoms with Crippen LogP contribution in [-0.4, -0.2) is 29.7 Å². The van der Waals surface area contributed by atoms with Crippen molar-refractivity contribution in [1.29, 1.82) is 0 Å². The van der Waals surface area contributed by atoms with E-state index in [4.69, 9.17) is 5.11 Å². The smallest absolute Gasteiger partial charge is 0.404 e. The molecule has 5 nitrogen and oxygen atoms in total. The molecule has 1 fully saturated rings. The molecule has 1 rings (SSSR count). The summed E-state index contributed by atoms with van der Waals surface area (Å²) in [7, 11) is 0. The van der Waals surface area contributed by atoms with Crippen LogP contribution in [0.2, 0.25) is 0 Å². The van der Waals surface area contributed by atoms with Crippen molar-refractivity contribution in [2.24, 2.45) is 5.92 Å². The number of rotatable bonds is 4. The topological polar surface area (TPSA) is 78.4 Å². The number of carbonyl (C=O) groups excluding carboxylic acids is 1. The largest absolute Gasteiger partial charge is 0.465 e. The molecule has 92 valence electrons. The number of amides is 2. The minimum Gasteiger partial charge on any atom is -0.465 e. The average molecular weight is 228 g/mol. The summed E-state index contributed by atoms with van der Waals surface area (Å²) in [5, 5.41) is 13.9. The van der Waals surface area contributed by atoms with Crippen molar-refractivity contribution >= 4 is 12.0 Å². The first-order valence-corrected chi connectivity index (χ1v) is 5.90. The van der Waals surface area contributed by atoms with Gasteiger partial charge in [-0.25, -0.2) is 4.79 Å². The number of hydrogen-bond donors (Lipinski definition) is 3. The van der Waals surface area contributed by atoms with Gasteiger partial charge in [-0.05, 0) is 32.1 Å². The van der Waals surface area contributed by atoms with Gasteiger partial charge >= 0.3 is 6.09 Å². The van der Waals surface area contributed by atoms with Gasteiger partial charge in [0.05, 0.1) is 0 Å². The summed E-state index contributed by atoms with van der Waals surface area (Å²) in [4.78, 5) is 22.1. The number of carboxylic acid groups (broad SMARTS) is 1. The van der Waals surface area contributed by atoms with E-state index in [0.717, 1.165) is 38.6 Å². The van der Waals surface area contributed by atoms with Crippen molar-refractivity contribution in [3.63, 3.8) is 0 Å². The first-order chi connectivity index (χ1) is 7.63. The van der Waals surface area contributed by atoms with Crippen LogP contribution < -0.4 is 10.6 Å². The van der Waals surface area contributed by atoms with E-state index in [-0.39, 0.29) is 17.9 Å². The molecule has 0 aromatic heterocycles. The molecule has 0 spiro atoms. The molecule has 1 aliphatic rings.